The zero-order chi connectivity index (χ0) is 38.6. The zero-order valence-corrected chi connectivity index (χ0v) is 30.0. The monoisotopic (exact) mass is 699 g/mol. The summed E-state index contributed by atoms with van der Waals surface area (Å²) in [6, 6.07) is 56.9. The van der Waals surface area contributed by atoms with Crippen molar-refractivity contribution in [3.8, 4) is 11.1 Å². The Balaban J connectivity index is 1.30. The Morgan fingerprint density at radius 2 is 0.981 bits per heavy atom. The maximum atomic E-state index is 9.65. The molecule has 0 saturated carbocycles. The first-order valence-corrected chi connectivity index (χ1v) is 20.7. The SMILES string of the molecule is [2H]c1c([2H])c([2H])c([Si](c2ccccc2)(c2ccccc2)c2cccc3c2C2c4ccccc4C3c3cccc(-c4cccc5sc6ccccc6c45)c32)c([2H])c1[2H]. The molecule has 0 aliphatic heterocycles. The lowest BCUT2D eigenvalue weighted by Crippen LogP contribution is -2.75. The van der Waals surface area contributed by atoms with Gasteiger partial charge in [-0.2, -0.15) is 0 Å². The van der Waals surface area contributed by atoms with E-state index in [-0.39, 0.29) is 42.0 Å². The molecule has 2 heteroatoms. The molecule has 0 saturated heterocycles. The van der Waals surface area contributed by atoms with Crippen LogP contribution >= 0.6 is 11.3 Å². The Kier molecular flexibility index (Phi) is 5.63. The normalized spacial score (nSPS) is 17.0. The minimum atomic E-state index is -3.70. The summed E-state index contributed by atoms with van der Waals surface area (Å²) in [7, 11) is -3.70. The molecule has 1 heterocycles. The summed E-state index contributed by atoms with van der Waals surface area (Å²) in [4.78, 5) is 0. The van der Waals surface area contributed by atoms with Gasteiger partial charge in [0.25, 0.3) is 0 Å². The molecule has 1 aromatic heterocycles. The zero-order valence-electron chi connectivity index (χ0n) is 33.2. The van der Waals surface area contributed by atoms with Crippen LogP contribution in [-0.2, 0) is 0 Å². The third-order valence-electron chi connectivity index (χ3n) is 11.5. The van der Waals surface area contributed by atoms with Gasteiger partial charge >= 0.3 is 0 Å². The minimum absolute atomic E-state index is 0.0483. The summed E-state index contributed by atoms with van der Waals surface area (Å²) in [6.45, 7) is 0. The molecule has 0 radical (unpaired) electrons. The second-order valence-corrected chi connectivity index (χ2v) is 18.6. The molecule has 8 aromatic carbocycles. The van der Waals surface area contributed by atoms with Crippen LogP contribution in [0.2, 0.25) is 0 Å². The average Bonchev–Trinajstić information content (AvgIpc) is 3.66. The highest BCUT2D eigenvalue weighted by Gasteiger charge is 2.49. The Labute approximate surface area is 316 Å². The van der Waals surface area contributed by atoms with E-state index in [1.165, 1.54) is 64.7 Å². The van der Waals surface area contributed by atoms with Crippen LogP contribution in [0.1, 0.15) is 52.1 Å². The fourth-order valence-corrected chi connectivity index (χ4v) is 15.4. The second-order valence-electron chi connectivity index (χ2n) is 13.9. The molecule has 2 unspecified atom stereocenters. The molecule has 0 nitrogen and oxygen atoms in total. The molecule has 3 aliphatic rings. The van der Waals surface area contributed by atoms with Gasteiger partial charge in [0, 0.05) is 32.0 Å². The van der Waals surface area contributed by atoms with Crippen molar-refractivity contribution in [2.75, 3.05) is 0 Å². The minimum Gasteiger partial charge on any atom is -0.135 e. The number of hydrogen-bond donors (Lipinski definition) is 0. The highest BCUT2D eigenvalue weighted by molar-refractivity contribution is 7.26. The summed E-state index contributed by atoms with van der Waals surface area (Å²) < 4.78 is 48.5. The fourth-order valence-electron chi connectivity index (χ4n) is 9.58. The van der Waals surface area contributed by atoms with E-state index in [0.29, 0.717) is 5.19 Å². The number of hydrogen-bond acceptors (Lipinski definition) is 1. The predicted molar refractivity (Wildman–Crippen MR) is 223 cm³/mol. The van der Waals surface area contributed by atoms with Crippen LogP contribution < -0.4 is 20.7 Å². The first-order valence-electron chi connectivity index (χ1n) is 20.3. The van der Waals surface area contributed by atoms with Crippen molar-refractivity contribution in [1.82, 2.24) is 0 Å². The summed E-state index contributed by atoms with van der Waals surface area (Å²) in [6.07, 6.45) is 0. The van der Waals surface area contributed by atoms with Crippen LogP contribution in [0, 0.1) is 0 Å². The van der Waals surface area contributed by atoms with E-state index >= 15 is 0 Å². The van der Waals surface area contributed by atoms with Crippen molar-refractivity contribution in [2.24, 2.45) is 0 Å². The van der Waals surface area contributed by atoms with Gasteiger partial charge < -0.3 is 0 Å². The van der Waals surface area contributed by atoms with Gasteiger partial charge in [-0.05, 0) is 77.4 Å². The molecule has 12 rings (SSSR count). The van der Waals surface area contributed by atoms with Crippen molar-refractivity contribution in [3.63, 3.8) is 0 Å². The topological polar surface area (TPSA) is 0 Å². The third-order valence-corrected chi connectivity index (χ3v) is 17.3. The number of thiophene rings is 1. The first kappa shape index (κ1) is 25.2. The molecule has 244 valence electrons. The summed E-state index contributed by atoms with van der Waals surface area (Å²) in [5.41, 5.74) is 9.97. The largest absolute Gasteiger partial charge is 0.179 e. The smallest absolute Gasteiger partial charge is 0.135 e. The Morgan fingerprint density at radius 3 is 1.73 bits per heavy atom. The van der Waals surface area contributed by atoms with Crippen molar-refractivity contribution < 1.29 is 6.85 Å². The van der Waals surface area contributed by atoms with Gasteiger partial charge in [0.1, 0.15) is 0 Å². The molecule has 0 fully saturated rings. The van der Waals surface area contributed by atoms with Gasteiger partial charge in [0.2, 0.25) is 0 Å². The molecule has 52 heavy (non-hydrogen) atoms. The molecular weight excluding hydrogens is 661 g/mol. The van der Waals surface area contributed by atoms with Gasteiger partial charge in [-0.1, -0.05) is 182 Å². The maximum absolute atomic E-state index is 9.65. The van der Waals surface area contributed by atoms with Gasteiger partial charge in [0.05, 0.1) is 6.85 Å². The highest BCUT2D eigenvalue weighted by atomic mass is 32.1. The van der Waals surface area contributed by atoms with Gasteiger partial charge in [-0.25, -0.2) is 0 Å². The van der Waals surface area contributed by atoms with Gasteiger partial charge in [0.15, 0.2) is 8.07 Å². The third kappa shape index (κ3) is 4.08. The summed E-state index contributed by atoms with van der Waals surface area (Å²) in [5, 5.41) is 5.92. The lowest BCUT2D eigenvalue weighted by Gasteiger charge is -2.47. The lowest BCUT2D eigenvalue weighted by molar-refractivity contribution is 0.760. The number of rotatable bonds is 5. The van der Waals surface area contributed by atoms with Crippen molar-refractivity contribution in [3.05, 3.63) is 227 Å². The van der Waals surface area contributed by atoms with E-state index in [4.69, 9.17) is 4.11 Å². The Bertz CT molecular complexity index is 3030. The van der Waals surface area contributed by atoms with Crippen molar-refractivity contribution in [1.29, 1.82) is 0 Å². The standard InChI is InChI=1S/C50H34SSi/c1-4-17-33(18-5-1)52(34-19-6-2-7-20-34,35-21-8-3-9-22-35)45-32-16-29-42-46-36-23-10-11-24-39(36)50(49(42)45)48-38(26-14-28-41(46)48)37-27-15-31-44-47(37)40-25-12-13-30-43(40)51-44/h1-32,46,50H/i1D,4D,5D,17D,18D. The molecule has 2 bridgehead atoms. The van der Waals surface area contributed by atoms with Crippen LogP contribution in [0.3, 0.4) is 0 Å². The van der Waals surface area contributed by atoms with Crippen LogP contribution in [0.25, 0.3) is 31.3 Å². The van der Waals surface area contributed by atoms with Crippen LogP contribution in [-0.4, -0.2) is 8.07 Å². The number of benzene rings is 8. The van der Waals surface area contributed by atoms with Gasteiger partial charge in [-0.3, -0.25) is 0 Å². The molecule has 0 N–H and O–H groups in total. The fraction of sp³-hybridized carbons (Fsp3) is 0.0400. The molecule has 2 atom stereocenters. The van der Waals surface area contributed by atoms with Crippen LogP contribution in [0.4, 0.5) is 0 Å². The molecule has 0 spiro atoms. The Hall–Kier alpha value is -5.80. The molecular formula is C50H34SSi. The Morgan fingerprint density at radius 1 is 0.423 bits per heavy atom. The van der Waals surface area contributed by atoms with Crippen molar-refractivity contribution >= 4 is 60.3 Å². The van der Waals surface area contributed by atoms with Crippen LogP contribution in [0.5, 0.6) is 0 Å². The summed E-state index contributed by atoms with van der Waals surface area (Å²) in [5.74, 6) is -0.222. The average molecular weight is 700 g/mol. The quantitative estimate of drug-likeness (QED) is 0.124. The lowest BCUT2D eigenvalue weighted by atomic mass is 9.60. The number of fused-ring (bicyclic) bond motifs is 3. The highest BCUT2D eigenvalue weighted by Crippen LogP contribution is 2.58. The first-order chi connectivity index (χ1) is 27.9. The van der Waals surface area contributed by atoms with E-state index in [9.17, 15) is 2.74 Å². The maximum Gasteiger partial charge on any atom is 0.179 e. The van der Waals surface area contributed by atoms with E-state index in [1.807, 2.05) is 47.7 Å². The summed E-state index contributed by atoms with van der Waals surface area (Å²) >= 11 is 1.83. The van der Waals surface area contributed by atoms with Gasteiger partial charge in [-0.15, -0.1) is 11.3 Å². The predicted octanol–water partition coefficient (Wildman–Crippen LogP) is 10.1. The van der Waals surface area contributed by atoms with E-state index < -0.39 is 8.07 Å². The second kappa shape index (κ2) is 11.6. The molecule has 3 aliphatic carbocycles. The van der Waals surface area contributed by atoms with E-state index in [2.05, 4.69) is 127 Å². The van der Waals surface area contributed by atoms with E-state index in [1.54, 1.807) is 0 Å². The molecule has 9 aromatic rings. The molecule has 0 amide bonds. The van der Waals surface area contributed by atoms with E-state index in [0.717, 1.165) is 15.6 Å². The van der Waals surface area contributed by atoms with Crippen molar-refractivity contribution in [2.45, 2.75) is 11.8 Å². The van der Waals surface area contributed by atoms with Crippen LogP contribution in [0.15, 0.2) is 194 Å².